The van der Waals surface area contributed by atoms with Crippen molar-refractivity contribution in [3.63, 3.8) is 0 Å². The molecule has 1 nitrogen and oxygen atoms in total. The Labute approximate surface area is 97.5 Å². The van der Waals surface area contributed by atoms with Crippen molar-refractivity contribution in [1.29, 1.82) is 0 Å². The van der Waals surface area contributed by atoms with Gasteiger partial charge in [0.2, 0.25) is 0 Å². The van der Waals surface area contributed by atoms with Crippen molar-refractivity contribution in [2.45, 2.75) is 39.0 Å². The average molecular weight is 212 g/mol. The average Bonchev–Trinajstić information content (AvgIpc) is 2.34. The molecule has 1 aromatic carbocycles. The standard InChI is InChI=1S/C15H18N/c1-2-3-4-5-8-13-11-14-9-6-7-10-15(14)16-12-13/h6-7,10-12H,2-5,8H2,1H3. The molecule has 2 rings (SSSR count). The third-order valence-electron chi connectivity index (χ3n) is 2.88. The van der Waals surface area contributed by atoms with Gasteiger partial charge in [-0.2, -0.15) is 0 Å². The molecule has 1 heteroatoms. The molecular weight excluding hydrogens is 194 g/mol. The largest absolute Gasteiger partial charge is 0.256 e. The lowest BCUT2D eigenvalue weighted by molar-refractivity contribution is 0.666. The van der Waals surface area contributed by atoms with Crippen LogP contribution < -0.4 is 0 Å². The highest BCUT2D eigenvalue weighted by Gasteiger charge is 1.97. The molecule has 0 unspecified atom stereocenters. The summed E-state index contributed by atoms with van der Waals surface area (Å²) in [5.74, 6) is 0. The number of hydrogen-bond acceptors (Lipinski definition) is 1. The van der Waals surface area contributed by atoms with Crippen LogP contribution in [-0.4, -0.2) is 4.98 Å². The third kappa shape index (κ3) is 2.82. The molecule has 1 aromatic heterocycles. The molecule has 0 aliphatic carbocycles. The van der Waals surface area contributed by atoms with Crippen LogP contribution in [0.1, 0.15) is 38.2 Å². The van der Waals surface area contributed by atoms with Crippen molar-refractivity contribution in [3.8, 4) is 0 Å². The molecule has 0 amide bonds. The zero-order valence-corrected chi connectivity index (χ0v) is 9.87. The molecule has 2 aromatic rings. The number of nitrogens with zero attached hydrogens (tertiary/aromatic N) is 1. The highest BCUT2D eigenvalue weighted by Crippen LogP contribution is 2.14. The van der Waals surface area contributed by atoms with E-state index in [9.17, 15) is 0 Å². The third-order valence-corrected chi connectivity index (χ3v) is 2.88. The first kappa shape index (κ1) is 11.1. The summed E-state index contributed by atoms with van der Waals surface area (Å²) in [5, 5.41) is 1.13. The maximum Gasteiger partial charge on any atom is 0.0708 e. The number of aromatic nitrogens is 1. The number of benzene rings is 1. The van der Waals surface area contributed by atoms with Crippen molar-refractivity contribution in [3.05, 3.63) is 42.1 Å². The summed E-state index contributed by atoms with van der Waals surface area (Å²) in [5.41, 5.74) is 2.38. The normalized spacial score (nSPS) is 10.8. The number of unbranched alkanes of at least 4 members (excludes halogenated alkanes) is 3. The van der Waals surface area contributed by atoms with E-state index in [1.807, 2.05) is 24.4 Å². The second-order valence-electron chi connectivity index (χ2n) is 4.26. The van der Waals surface area contributed by atoms with E-state index in [4.69, 9.17) is 0 Å². The fourth-order valence-electron chi connectivity index (χ4n) is 1.94. The molecule has 0 saturated heterocycles. The predicted octanol–water partition coefficient (Wildman–Crippen LogP) is 4.16. The summed E-state index contributed by atoms with van der Waals surface area (Å²) in [4.78, 5) is 4.45. The van der Waals surface area contributed by atoms with Crippen LogP contribution in [0.2, 0.25) is 0 Å². The zero-order valence-electron chi connectivity index (χ0n) is 9.87. The summed E-state index contributed by atoms with van der Waals surface area (Å²) in [6.07, 6.45) is 8.38. The van der Waals surface area contributed by atoms with Gasteiger partial charge in [-0.1, -0.05) is 38.3 Å². The van der Waals surface area contributed by atoms with Gasteiger partial charge < -0.3 is 0 Å². The van der Waals surface area contributed by atoms with Crippen LogP contribution in [0.3, 0.4) is 0 Å². The summed E-state index contributed by atoms with van der Waals surface area (Å²) in [7, 11) is 0. The summed E-state index contributed by atoms with van der Waals surface area (Å²) in [6, 6.07) is 11.4. The summed E-state index contributed by atoms with van der Waals surface area (Å²) < 4.78 is 0. The Morgan fingerprint density at radius 1 is 1.25 bits per heavy atom. The number of aryl methyl sites for hydroxylation is 1. The second kappa shape index (κ2) is 5.64. The highest BCUT2D eigenvalue weighted by molar-refractivity contribution is 5.78. The molecule has 0 N–H and O–H groups in total. The maximum absolute atomic E-state index is 4.45. The van der Waals surface area contributed by atoms with Gasteiger partial charge in [0.25, 0.3) is 0 Å². The van der Waals surface area contributed by atoms with Crippen LogP contribution in [0, 0.1) is 6.07 Å². The SMILES string of the molecule is CCCCCCc1cnc2ccc[c]c2c1. The van der Waals surface area contributed by atoms with Gasteiger partial charge in [0.05, 0.1) is 5.52 Å². The Morgan fingerprint density at radius 3 is 3.06 bits per heavy atom. The topological polar surface area (TPSA) is 12.9 Å². The Morgan fingerprint density at radius 2 is 2.19 bits per heavy atom. The van der Waals surface area contributed by atoms with Crippen LogP contribution in [0.25, 0.3) is 10.9 Å². The van der Waals surface area contributed by atoms with Crippen LogP contribution in [0.5, 0.6) is 0 Å². The van der Waals surface area contributed by atoms with Crippen molar-refractivity contribution in [2.24, 2.45) is 0 Å². The first-order valence-corrected chi connectivity index (χ1v) is 6.15. The minimum atomic E-state index is 1.04. The molecule has 0 aliphatic rings. The molecule has 0 spiro atoms. The van der Waals surface area contributed by atoms with Crippen molar-refractivity contribution >= 4 is 10.9 Å². The first-order valence-electron chi connectivity index (χ1n) is 6.15. The number of pyridine rings is 1. The van der Waals surface area contributed by atoms with Crippen LogP contribution in [-0.2, 0) is 6.42 Å². The van der Waals surface area contributed by atoms with E-state index >= 15 is 0 Å². The van der Waals surface area contributed by atoms with Gasteiger partial charge in [-0.05, 0) is 36.6 Å². The minimum Gasteiger partial charge on any atom is -0.256 e. The van der Waals surface area contributed by atoms with Gasteiger partial charge in [-0.25, -0.2) is 0 Å². The second-order valence-corrected chi connectivity index (χ2v) is 4.26. The lowest BCUT2D eigenvalue weighted by Gasteiger charge is -2.02. The Balaban J connectivity index is 2.02. The number of rotatable bonds is 5. The van der Waals surface area contributed by atoms with Crippen LogP contribution in [0.4, 0.5) is 0 Å². The molecule has 16 heavy (non-hydrogen) atoms. The van der Waals surface area contributed by atoms with Crippen LogP contribution >= 0.6 is 0 Å². The first-order chi connectivity index (χ1) is 7.90. The number of hydrogen-bond donors (Lipinski definition) is 0. The van der Waals surface area contributed by atoms with E-state index in [0.29, 0.717) is 0 Å². The molecule has 1 radical (unpaired) electrons. The van der Waals surface area contributed by atoms with E-state index in [1.165, 1.54) is 31.2 Å². The van der Waals surface area contributed by atoms with E-state index in [0.717, 1.165) is 17.3 Å². The monoisotopic (exact) mass is 212 g/mol. The van der Waals surface area contributed by atoms with Gasteiger partial charge in [0.15, 0.2) is 0 Å². The Bertz CT molecular complexity index is 448. The van der Waals surface area contributed by atoms with Crippen molar-refractivity contribution in [2.75, 3.05) is 0 Å². The smallest absolute Gasteiger partial charge is 0.0708 e. The van der Waals surface area contributed by atoms with E-state index in [2.05, 4.69) is 24.0 Å². The maximum atomic E-state index is 4.45. The Hall–Kier alpha value is -1.37. The highest BCUT2D eigenvalue weighted by atomic mass is 14.6. The van der Waals surface area contributed by atoms with E-state index in [1.54, 1.807) is 0 Å². The van der Waals surface area contributed by atoms with E-state index in [-0.39, 0.29) is 0 Å². The van der Waals surface area contributed by atoms with E-state index < -0.39 is 0 Å². The van der Waals surface area contributed by atoms with Gasteiger partial charge >= 0.3 is 0 Å². The molecule has 0 aliphatic heterocycles. The fourth-order valence-corrected chi connectivity index (χ4v) is 1.94. The van der Waals surface area contributed by atoms with Crippen LogP contribution in [0.15, 0.2) is 30.5 Å². The number of fused-ring (bicyclic) bond motifs is 1. The lowest BCUT2D eigenvalue weighted by atomic mass is 10.1. The lowest BCUT2D eigenvalue weighted by Crippen LogP contribution is -1.88. The molecule has 0 saturated carbocycles. The van der Waals surface area contributed by atoms with Gasteiger partial charge in [-0.3, -0.25) is 4.98 Å². The van der Waals surface area contributed by atoms with Gasteiger partial charge in [0.1, 0.15) is 0 Å². The molecule has 83 valence electrons. The summed E-state index contributed by atoms with van der Waals surface area (Å²) >= 11 is 0. The fraction of sp³-hybridized carbons (Fsp3) is 0.400. The van der Waals surface area contributed by atoms with Crippen molar-refractivity contribution < 1.29 is 0 Å². The summed E-state index contributed by atoms with van der Waals surface area (Å²) in [6.45, 7) is 2.24. The van der Waals surface area contributed by atoms with Crippen molar-refractivity contribution in [1.82, 2.24) is 4.98 Å². The Kier molecular flexibility index (Phi) is 3.92. The molecule has 0 atom stereocenters. The van der Waals surface area contributed by atoms with Gasteiger partial charge in [0, 0.05) is 11.6 Å². The minimum absolute atomic E-state index is 1.04. The molecular formula is C15H18N. The molecule has 1 heterocycles. The predicted molar refractivity (Wildman–Crippen MR) is 68.4 cm³/mol. The molecule has 0 bridgehead atoms. The van der Waals surface area contributed by atoms with Gasteiger partial charge in [-0.15, -0.1) is 0 Å². The molecule has 0 fully saturated rings. The zero-order chi connectivity index (χ0) is 11.2. The quantitative estimate of drug-likeness (QED) is 0.678.